The third-order valence-electron chi connectivity index (χ3n) is 4.54. The van der Waals surface area contributed by atoms with E-state index >= 15 is 0 Å². The van der Waals surface area contributed by atoms with Crippen molar-refractivity contribution in [2.75, 3.05) is 78.5 Å². The lowest BCUT2D eigenvalue weighted by Gasteiger charge is -2.32. The summed E-state index contributed by atoms with van der Waals surface area (Å²) in [6.07, 6.45) is 0.746. The fraction of sp³-hybridized carbons (Fsp3) is 0.750. The zero-order valence-corrected chi connectivity index (χ0v) is 16.1. The number of carbonyl (C=O) groups is 4. The monoisotopic (exact) mass is 414 g/mol. The first-order chi connectivity index (χ1) is 13.9. The standard InChI is InChI=1S/C16H26N6O7/c23-10-9-19-1-3-20(11-14(24)17-28)5-6-21(12-15(25)18-29)7-8-22(4-2-19)13-16(26)27/h10H,1-9,11-13H2,(H,26,27). The number of rotatable bonds is 8. The number of hydrogen-bond donors (Lipinski definition) is 1. The van der Waals surface area contributed by atoms with E-state index in [0.717, 1.165) is 6.29 Å². The van der Waals surface area contributed by atoms with Crippen molar-refractivity contribution in [1.29, 1.82) is 0 Å². The third kappa shape index (κ3) is 10.6. The average molecular weight is 414 g/mol. The van der Waals surface area contributed by atoms with Crippen molar-refractivity contribution in [3.8, 4) is 0 Å². The Morgan fingerprint density at radius 3 is 1.34 bits per heavy atom. The van der Waals surface area contributed by atoms with E-state index in [2.05, 4.69) is 10.4 Å². The average Bonchev–Trinajstić information content (AvgIpc) is 2.69. The largest absolute Gasteiger partial charge is 0.480 e. The van der Waals surface area contributed by atoms with E-state index in [-0.39, 0.29) is 26.2 Å². The molecule has 1 fully saturated rings. The highest BCUT2D eigenvalue weighted by Gasteiger charge is 2.20. The summed E-state index contributed by atoms with van der Waals surface area (Å²) in [6.45, 7) is 2.34. The summed E-state index contributed by atoms with van der Waals surface area (Å²) in [7, 11) is 0. The highest BCUT2D eigenvalue weighted by atomic mass is 16.4. The molecule has 1 saturated heterocycles. The Bertz CT molecular complexity index is 602. The highest BCUT2D eigenvalue weighted by molar-refractivity contribution is 5.79. The Morgan fingerprint density at radius 1 is 0.690 bits per heavy atom. The van der Waals surface area contributed by atoms with Crippen LogP contribution in [0.15, 0.2) is 10.4 Å². The van der Waals surface area contributed by atoms with E-state index in [1.165, 1.54) is 0 Å². The molecule has 0 atom stereocenters. The van der Waals surface area contributed by atoms with Crippen LogP contribution in [-0.4, -0.2) is 127 Å². The first-order valence-electron chi connectivity index (χ1n) is 9.15. The molecule has 1 heterocycles. The van der Waals surface area contributed by atoms with Crippen LogP contribution in [-0.2, 0) is 19.2 Å². The van der Waals surface area contributed by atoms with Gasteiger partial charge in [-0.05, 0) is 0 Å². The summed E-state index contributed by atoms with van der Waals surface area (Å²) in [5, 5.41) is 13.9. The van der Waals surface area contributed by atoms with Gasteiger partial charge < -0.3 is 9.90 Å². The molecular weight excluding hydrogens is 388 g/mol. The molecule has 0 bridgehead atoms. The maximum Gasteiger partial charge on any atom is 0.317 e. The molecule has 0 spiro atoms. The zero-order valence-electron chi connectivity index (χ0n) is 16.1. The molecule has 0 aliphatic carbocycles. The third-order valence-corrected chi connectivity index (χ3v) is 4.54. The molecular formula is C16H26N6O7. The van der Waals surface area contributed by atoms with Gasteiger partial charge in [0.2, 0.25) is 0 Å². The molecule has 0 aromatic carbocycles. The van der Waals surface area contributed by atoms with Gasteiger partial charge in [0, 0.05) is 62.7 Å². The minimum atomic E-state index is -0.998. The van der Waals surface area contributed by atoms with Crippen LogP contribution in [0, 0.1) is 9.81 Å². The van der Waals surface area contributed by atoms with Crippen molar-refractivity contribution in [2.45, 2.75) is 0 Å². The molecule has 0 aromatic heterocycles. The molecule has 2 amide bonds. The smallest absolute Gasteiger partial charge is 0.317 e. The second-order valence-corrected chi connectivity index (χ2v) is 6.66. The normalized spacial score (nSPS) is 18.9. The fourth-order valence-electron chi connectivity index (χ4n) is 2.97. The molecule has 1 aliphatic heterocycles. The predicted octanol–water partition coefficient (Wildman–Crippen LogP) is -1.92. The van der Waals surface area contributed by atoms with Gasteiger partial charge in [0.15, 0.2) is 0 Å². The van der Waals surface area contributed by atoms with Gasteiger partial charge >= 0.3 is 5.97 Å². The number of hydrogen-bond acceptors (Lipinski definition) is 10. The number of carboxylic acid groups (broad SMARTS) is 1. The van der Waals surface area contributed by atoms with Crippen molar-refractivity contribution >= 4 is 24.1 Å². The number of aldehydes is 1. The molecule has 1 aliphatic rings. The number of nitrogens with zero attached hydrogens (tertiary/aromatic N) is 6. The van der Waals surface area contributed by atoms with Crippen LogP contribution in [0.5, 0.6) is 0 Å². The number of aliphatic carboxylic acids is 1. The molecule has 0 saturated carbocycles. The summed E-state index contributed by atoms with van der Waals surface area (Å²) in [5.41, 5.74) is 0. The van der Waals surface area contributed by atoms with E-state index in [0.29, 0.717) is 52.4 Å². The lowest BCUT2D eigenvalue weighted by molar-refractivity contribution is -0.138. The maximum absolute atomic E-state index is 11.4. The topological polar surface area (TPSA) is 160 Å². The van der Waals surface area contributed by atoms with E-state index in [1.54, 1.807) is 14.7 Å². The Kier molecular flexibility index (Phi) is 11.6. The first-order valence-corrected chi connectivity index (χ1v) is 9.15. The van der Waals surface area contributed by atoms with Crippen LogP contribution in [0.25, 0.3) is 0 Å². The highest BCUT2D eigenvalue weighted by Crippen LogP contribution is 2.01. The first kappa shape index (κ1) is 24.6. The molecule has 0 unspecified atom stereocenters. The lowest BCUT2D eigenvalue weighted by Crippen LogP contribution is -2.48. The molecule has 1 N–H and O–H groups in total. The number of nitroso groups, excluding NO2 is 2. The number of carbonyl (C=O) groups excluding carboxylic acids is 3. The Hall–Kier alpha value is -2.48. The Balaban J connectivity index is 2.93. The molecule has 13 nitrogen and oxygen atoms in total. The Labute approximate surface area is 167 Å². The molecule has 0 aromatic rings. The summed E-state index contributed by atoms with van der Waals surface area (Å²) in [5.74, 6) is -2.68. The summed E-state index contributed by atoms with van der Waals surface area (Å²) >= 11 is 0. The minimum Gasteiger partial charge on any atom is -0.480 e. The molecule has 13 heteroatoms. The van der Waals surface area contributed by atoms with Crippen LogP contribution in [0.2, 0.25) is 0 Å². The Morgan fingerprint density at radius 2 is 1.03 bits per heavy atom. The quantitative estimate of drug-likeness (QED) is 0.348. The van der Waals surface area contributed by atoms with Crippen molar-refractivity contribution < 1.29 is 24.3 Å². The van der Waals surface area contributed by atoms with Gasteiger partial charge in [0.1, 0.15) is 6.29 Å². The number of carboxylic acids is 1. The van der Waals surface area contributed by atoms with Crippen molar-refractivity contribution in [2.24, 2.45) is 10.4 Å². The van der Waals surface area contributed by atoms with Gasteiger partial charge in [-0.2, -0.15) is 0 Å². The van der Waals surface area contributed by atoms with Crippen molar-refractivity contribution in [3.63, 3.8) is 0 Å². The van der Waals surface area contributed by atoms with Gasteiger partial charge in [0.25, 0.3) is 11.8 Å². The molecule has 1 rings (SSSR count). The van der Waals surface area contributed by atoms with Crippen LogP contribution in [0.3, 0.4) is 0 Å². The summed E-state index contributed by atoms with van der Waals surface area (Å²) in [4.78, 5) is 72.7. The van der Waals surface area contributed by atoms with Gasteiger partial charge in [-0.25, -0.2) is 0 Å². The van der Waals surface area contributed by atoms with E-state index in [9.17, 15) is 29.0 Å². The molecule has 29 heavy (non-hydrogen) atoms. The fourth-order valence-corrected chi connectivity index (χ4v) is 2.97. The van der Waals surface area contributed by atoms with Crippen LogP contribution in [0.1, 0.15) is 0 Å². The summed E-state index contributed by atoms with van der Waals surface area (Å²) in [6, 6.07) is 0. The molecule has 0 radical (unpaired) electrons. The maximum atomic E-state index is 11.4. The minimum absolute atomic E-state index is 0.153. The van der Waals surface area contributed by atoms with Crippen LogP contribution in [0.4, 0.5) is 0 Å². The van der Waals surface area contributed by atoms with Crippen molar-refractivity contribution in [1.82, 2.24) is 19.6 Å². The predicted molar refractivity (Wildman–Crippen MR) is 101 cm³/mol. The molecule has 162 valence electrons. The van der Waals surface area contributed by atoms with Gasteiger partial charge in [-0.1, -0.05) is 0 Å². The van der Waals surface area contributed by atoms with E-state index < -0.39 is 17.8 Å². The van der Waals surface area contributed by atoms with Crippen LogP contribution < -0.4 is 0 Å². The second kappa shape index (κ2) is 13.7. The van der Waals surface area contributed by atoms with Crippen LogP contribution >= 0.6 is 0 Å². The zero-order chi connectivity index (χ0) is 21.6. The summed E-state index contributed by atoms with van der Waals surface area (Å²) < 4.78 is 0. The van der Waals surface area contributed by atoms with Gasteiger partial charge in [-0.3, -0.25) is 34.0 Å². The second-order valence-electron chi connectivity index (χ2n) is 6.66. The lowest BCUT2D eigenvalue weighted by atomic mass is 10.3. The van der Waals surface area contributed by atoms with E-state index in [1.807, 2.05) is 4.90 Å². The van der Waals surface area contributed by atoms with E-state index in [4.69, 9.17) is 5.11 Å². The number of amides is 2. The van der Waals surface area contributed by atoms with Gasteiger partial charge in [-0.15, -0.1) is 9.81 Å². The van der Waals surface area contributed by atoms with Crippen molar-refractivity contribution in [3.05, 3.63) is 9.81 Å². The van der Waals surface area contributed by atoms with Gasteiger partial charge in [0.05, 0.1) is 26.2 Å². The SMILES string of the molecule is O=CCN1CCN(CC(=O)O)CCN(CC(=O)N=O)CCN(CC(=O)N=O)CC1.